The van der Waals surface area contributed by atoms with Gasteiger partial charge in [-0.3, -0.25) is 0 Å². The zero-order valence-electron chi connectivity index (χ0n) is 12.5. The SMILES string of the molecule is CNS(=O)c1ccc(NC2CCCCC2)c(C(=O)OC)c1. The third-order valence-corrected chi connectivity index (χ3v) is 4.81. The summed E-state index contributed by atoms with van der Waals surface area (Å²) in [6.45, 7) is 0. The number of carbonyl (C=O) groups excluding carboxylic acids is 1. The molecule has 6 heteroatoms. The molecule has 0 aliphatic heterocycles. The van der Waals surface area contributed by atoms with Crippen molar-refractivity contribution in [3.8, 4) is 0 Å². The summed E-state index contributed by atoms with van der Waals surface area (Å²) in [5, 5.41) is 3.43. The predicted octanol–water partition coefficient (Wildman–Crippen LogP) is 2.46. The molecule has 0 spiro atoms. The minimum absolute atomic E-state index is 0.391. The van der Waals surface area contributed by atoms with Crippen molar-refractivity contribution in [3.63, 3.8) is 0 Å². The summed E-state index contributed by atoms with van der Waals surface area (Å²) in [6.07, 6.45) is 5.94. The van der Waals surface area contributed by atoms with E-state index >= 15 is 0 Å². The lowest BCUT2D eigenvalue weighted by molar-refractivity contribution is 0.0601. The first-order chi connectivity index (χ1) is 10.2. The van der Waals surface area contributed by atoms with Gasteiger partial charge in [-0.25, -0.2) is 13.7 Å². The van der Waals surface area contributed by atoms with Gasteiger partial charge >= 0.3 is 5.97 Å². The van der Waals surface area contributed by atoms with E-state index < -0.39 is 17.0 Å². The highest BCUT2D eigenvalue weighted by Gasteiger charge is 2.19. The fourth-order valence-electron chi connectivity index (χ4n) is 2.63. The smallest absolute Gasteiger partial charge is 0.340 e. The summed E-state index contributed by atoms with van der Waals surface area (Å²) in [6, 6.07) is 5.60. The van der Waals surface area contributed by atoms with Crippen molar-refractivity contribution in [3.05, 3.63) is 23.8 Å². The van der Waals surface area contributed by atoms with Gasteiger partial charge in [0.2, 0.25) is 0 Å². The van der Waals surface area contributed by atoms with E-state index in [1.54, 1.807) is 19.2 Å². The first kappa shape index (κ1) is 16.0. The van der Waals surface area contributed by atoms with Crippen molar-refractivity contribution in [2.45, 2.75) is 43.0 Å². The van der Waals surface area contributed by atoms with Crippen LogP contribution in [0.4, 0.5) is 5.69 Å². The lowest BCUT2D eigenvalue weighted by atomic mass is 9.95. The van der Waals surface area contributed by atoms with Gasteiger partial charge in [0.25, 0.3) is 0 Å². The molecule has 0 radical (unpaired) electrons. The first-order valence-corrected chi connectivity index (χ1v) is 8.38. The third-order valence-electron chi connectivity index (χ3n) is 3.76. The van der Waals surface area contributed by atoms with Gasteiger partial charge in [-0.2, -0.15) is 0 Å². The molecular weight excluding hydrogens is 288 g/mol. The first-order valence-electron chi connectivity index (χ1n) is 7.23. The Morgan fingerprint density at radius 3 is 2.62 bits per heavy atom. The highest BCUT2D eigenvalue weighted by molar-refractivity contribution is 7.83. The van der Waals surface area contributed by atoms with Crippen molar-refractivity contribution in [2.24, 2.45) is 0 Å². The second kappa shape index (κ2) is 7.56. The van der Waals surface area contributed by atoms with Gasteiger partial charge in [-0.05, 0) is 38.1 Å². The fraction of sp³-hybridized carbons (Fsp3) is 0.533. The van der Waals surface area contributed by atoms with E-state index in [0.29, 0.717) is 16.5 Å². The van der Waals surface area contributed by atoms with Crippen LogP contribution in [0.3, 0.4) is 0 Å². The molecule has 1 saturated carbocycles. The average Bonchev–Trinajstić information content (AvgIpc) is 2.54. The molecule has 1 aliphatic carbocycles. The van der Waals surface area contributed by atoms with Crippen LogP contribution in [0.5, 0.6) is 0 Å². The number of carbonyl (C=O) groups is 1. The number of hydrogen-bond donors (Lipinski definition) is 2. The topological polar surface area (TPSA) is 67.4 Å². The van der Waals surface area contributed by atoms with Crippen LogP contribution in [0.15, 0.2) is 23.1 Å². The highest BCUT2D eigenvalue weighted by Crippen LogP contribution is 2.25. The van der Waals surface area contributed by atoms with Gasteiger partial charge in [0.1, 0.15) is 11.0 Å². The summed E-state index contributed by atoms with van der Waals surface area (Å²) < 4.78 is 19.3. The lowest BCUT2D eigenvalue weighted by Gasteiger charge is -2.25. The molecule has 0 bridgehead atoms. The monoisotopic (exact) mass is 310 g/mol. The lowest BCUT2D eigenvalue weighted by Crippen LogP contribution is -2.24. The van der Waals surface area contributed by atoms with Crippen LogP contribution in [0, 0.1) is 0 Å². The molecule has 0 heterocycles. The van der Waals surface area contributed by atoms with Gasteiger partial charge in [0.05, 0.1) is 17.6 Å². The Bertz CT molecular complexity index is 528. The van der Waals surface area contributed by atoms with E-state index in [9.17, 15) is 9.00 Å². The van der Waals surface area contributed by atoms with E-state index in [0.717, 1.165) is 18.5 Å². The molecular formula is C15H22N2O3S. The van der Waals surface area contributed by atoms with Crippen molar-refractivity contribution >= 4 is 22.6 Å². The summed E-state index contributed by atoms with van der Waals surface area (Å²) in [5.41, 5.74) is 1.19. The highest BCUT2D eigenvalue weighted by atomic mass is 32.2. The molecule has 5 nitrogen and oxygen atoms in total. The molecule has 1 aromatic rings. The van der Waals surface area contributed by atoms with E-state index in [2.05, 4.69) is 10.0 Å². The van der Waals surface area contributed by atoms with Crippen LogP contribution in [-0.2, 0) is 15.7 Å². The summed E-state index contributed by atoms with van der Waals surface area (Å²) in [4.78, 5) is 12.5. The zero-order chi connectivity index (χ0) is 15.2. The number of esters is 1. The van der Waals surface area contributed by atoms with Crippen LogP contribution < -0.4 is 10.0 Å². The van der Waals surface area contributed by atoms with Crippen molar-refractivity contribution in [2.75, 3.05) is 19.5 Å². The maximum absolute atomic E-state index is 12.0. The Hall–Kier alpha value is -1.40. The van der Waals surface area contributed by atoms with Crippen molar-refractivity contribution in [1.29, 1.82) is 0 Å². The molecule has 21 heavy (non-hydrogen) atoms. The maximum Gasteiger partial charge on any atom is 0.340 e. The molecule has 1 aliphatic rings. The van der Waals surface area contributed by atoms with Crippen molar-refractivity contribution in [1.82, 2.24) is 4.72 Å². The number of anilines is 1. The van der Waals surface area contributed by atoms with E-state index in [1.807, 2.05) is 6.07 Å². The molecule has 2 N–H and O–H groups in total. The Kier molecular flexibility index (Phi) is 5.76. The van der Waals surface area contributed by atoms with Gasteiger partial charge in [0.15, 0.2) is 0 Å². The summed E-state index contributed by atoms with van der Waals surface area (Å²) >= 11 is 0. The van der Waals surface area contributed by atoms with Crippen LogP contribution in [0.1, 0.15) is 42.5 Å². The van der Waals surface area contributed by atoms with E-state index in [-0.39, 0.29) is 0 Å². The number of nitrogens with one attached hydrogen (secondary N) is 2. The van der Waals surface area contributed by atoms with E-state index in [4.69, 9.17) is 4.74 Å². The molecule has 2 rings (SSSR count). The number of methoxy groups -OCH3 is 1. The minimum Gasteiger partial charge on any atom is -0.465 e. The van der Waals surface area contributed by atoms with Crippen molar-refractivity contribution < 1.29 is 13.7 Å². The number of rotatable bonds is 5. The second-order valence-electron chi connectivity index (χ2n) is 5.15. The number of ether oxygens (including phenoxy) is 1. The van der Waals surface area contributed by atoms with Crippen LogP contribution in [-0.4, -0.2) is 30.4 Å². The van der Waals surface area contributed by atoms with E-state index in [1.165, 1.54) is 26.4 Å². The average molecular weight is 310 g/mol. The Morgan fingerprint density at radius 1 is 1.29 bits per heavy atom. The number of benzene rings is 1. The third kappa shape index (κ3) is 4.04. The van der Waals surface area contributed by atoms with Crippen LogP contribution >= 0.6 is 0 Å². The van der Waals surface area contributed by atoms with Gasteiger partial charge < -0.3 is 10.1 Å². The molecule has 0 aromatic heterocycles. The quantitative estimate of drug-likeness (QED) is 0.820. The molecule has 0 amide bonds. The molecule has 1 atom stereocenters. The number of hydrogen-bond acceptors (Lipinski definition) is 4. The molecule has 116 valence electrons. The molecule has 0 saturated heterocycles. The fourth-order valence-corrected chi connectivity index (χ4v) is 3.28. The summed E-state index contributed by atoms with van der Waals surface area (Å²) in [7, 11) is 1.65. The van der Waals surface area contributed by atoms with Gasteiger partial charge in [0, 0.05) is 11.7 Å². The minimum atomic E-state index is -1.32. The Morgan fingerprint density at radius 2 is 2.00 bits per heavy atom. The molecule has 1 unspecified atom stereocenters. The standard InChI is InChI=1S/C15H22N2O3S/c1-16-21(19)12-8-9-14(13(10-12)15(18)20-2)17-11-6-4-3-5-7-11/h8-11,16-17H,3-7H2,1-2H3. The van der Waals surface area contributed by atoms with Gasteiger partial charge in [-0.1, -0.05) is 19.3 Å². The Labute approximate surface area is 128 Å². The normalized spacial score (nSPS) is 17.2. The zero-order valence-corrected chi connectivity index (χ0v) is 13.3. The maximum atomic E-state index is 12.0. The predicted molar refractivity (Wildman–Crippen MR) is 83.7 cm³/mol. The Balaban J connectivity index is 2.26. The largest absolute Gasteiger partial charge is 0.465 e. The van der Waals surface area contributed by atoms with Crippen LogP contribution in [0.25, 0.3) is 0 Å². The molecule has 1 fully saturated rings. The molecule has 1 aromatic carbocycles. The summed E-state index contributed by atoms with van der Waals surface area (Å²) in [5.74, 6) is -0.414. The second-order valence-corrected chi connectivity index (χ2v) is 6.57. The van der Waals surface area contributed by atoms with Crippen LogP contribution in [0.2, 0.25) is 0 Å². The van der Waals surface area contributed by atoms with Gasteiger partial charge in [-0.15, -0.1) is 0 Å².